The monoisotopic (exact) mass is 514 g/mol. The zero-order valence-corrected chi connectivity index (χ0v) is 21.2. The van der Waals surface area contributed by atoms with E-state index in [0.29, 0.717) is 24.0 Å². The fourth-order valence-corrected chi connectivity index (χ4v) is 6.34. The van der Waals surface area contributed by atoms with Gasteiger partial charge in [-0.25, -0.2) is 0 Å². The third kappa shape index (κ3) is 4.01. The van der Waals surface area contributed by atoms with Gasteiger partial charge >= 0.3 is 6.18 Å². The Morgan fingerprint density at radius 2 is 1.05 bits per heavy atom. The van der Waals surface area contributed by atoms with Crippen LogP contribution in [0.2, 0.25) is 0 Å². The number of fused-ring (bicyclic) bond motifs is 7. The van der Waals surface area contributed by atoms with Gasteiger partial charge in [0.15, 0.2) is 0 Å². The maximum absolute atomic E-state index is 14.1. The van der Waals surface area contributed by atoms with E-state index < -0.39 is 11.7 Å². The summed E-state index contributed by atoms with van der Waals surface area (Å²) in [7, 11) is 0. The highest BCUT2D eigenvalue weighted by atomic mass is 19.4. The Hall–Kier alpha value is -4.37. The van der Waals surface area contributed by atoms with Crippen LogP contribution in [0.15, 0.2) is 109 Å². The molecule has 0 nitrogen and oxygen atoms in total. The van der Waals surface area contributed by atoms with Crippen LogP contribution in [0.5, 0.6) is 0 Å². The Morgan fingerprint density at radius 3 is 1.74 bits per heavy atom. The Morgan fingerprint density at radius 1 is 0.487 bits per heavy atom. The van der Waals surface area contributed by atoms with Crippen LogP contribution in [0.1, 0.15) is 38.9 Å². The van der Waals surface area contributed by atoms with Gasteiger partial charge in [-0.3, -0.25) is 0 Å². The van der Waals surface area contributed by atoms with Crippen molar-refractivity contribution < 1.29 is 13.2 Å². The molecule has 0 fully saturated rings. The van der Waals surface area contributed by atoms with E-state index in [1.54, 1.807) is 6.07 Å². The molecule has 190 valence electrons. The maximum Gasteiger partial charge on any atom is 0.417 e. The van der Waals surface area contributed by atoms with Gasteiger partial charge < -0.3 is 0 Å². The standard InChI is InChI=1S/C27H17F3.C9H8/c28-27(29,30)25-13-12-21-19-9-4-2-7-17(19)15-24(21)26(25)22-11-5-10-20-18-8-3-1-6-16(18)14-23(20)22;1-2-5-9-7-3-6-8(9)4-1/h1-13H,14-15H2;1-6H,7H2. The third-order valence-electron chi connectivity index (χ3n) is 8.10. The van der Waals surface area contributed by atoms with E-state index in [2.05, 4.69) is 48.6 Å². The van der Waals surface area contributed by atoms with Crippen LogP contribution in [0.4, 0.5) is 13.2 Å². The van der Waals surface area contributed by atoms with Gasteiger partial charge in [0.05, 0.1) is 5.56 Å². The molecule has 0 bridgehead atoms. The molecule has 0 amide bonds. The van der Waals surface area contributed by atoms with Gasteiger partial charge in [0.1, 0.15) is 0 Å². The smallest absolute Gasteiger partial charge is 0.166 e. The highest BCUT2D eigenvalue weighted by molar-refractivity contribution is 5.91. The van der Waals surface area contributed by atoms with E-state index in [4.69, 9.17) is 0 Å². The van der Waals surface area contributed by atoms with Crippen molar-refractivity contribution >= 4 is 6.08 Å². The van der Waals surface area contributed by atoms with Crippen molar-refractivity contribution in [2.75, 3.05) is 0 Å². The van der Waals surface area contributed by atoms with E-state index in [1.165, 1.54) is 22.8 Å². The van der Waals surface area contributed by atoms with Crippen molar-refractivity contribution in [3.05, 3.63) is 148 Å². The fourth-order valence-electron chi connectivity index (χ4n) is 6.34. The van der Waals surface area contributed by atoms with Crippen LogP contribution in [-0.2, 0) is 25.4 Å². The van der Waals surface area contributed by atoms with Crippen LogP contribution in [0, 0.1) is 0 Å². The molecule has 5 aromatic rings. The molecule has 0 aliphatic heterocycles. The molecule has 0 saturated heterocycles. The first-order chi connectivity index (χ1) is 19.0. The van der Waals surface area contributed by atoms with Gasteiger partial charge in [0.2, 0.25) is 0 Å². The lowest BCUT2D eigenvalue weighted by Gasteiger charge is -2.20. The summed E-state index contributed by atoms with van der Waals surface area (Å²) in [6.45, 7) is 0. The lowest BCUT2D eigenvalue weighted by Crippen LogP contribution is -2.10. The van der Waals surface area contributed by atoms with Crippen molar-refractivity contribution in [2.24, 2.45) is 0 Å². The van der Waals surface area contributed by atoms with Crippen molar-refractivity contribution in [1.29, 1.82) is 0 Å². The lowest BCUT2D eigenvalue weighted by atomic mass is 9.87. The molecule has 0 N–H and O–H groups in total. The molecule has 3 aliphatic rings. The predicted molar refractivity (Wildman–Crippen MR) is 153 cm³/mol. The molecule has 0 radical (unpaired) electrons. The molecule has 39 heavy (non-hydrogen) atoms. The summed E-state index contributed by atoms with van der Waals surface area (Å²) in [5.41, 5.74) is 11.5. The molecule has 8 rings (SSSR count). The number of halogens is 3. The van der Waals surface area contributed by atoms with E-state index >= 15 is 0 Å². The molecule has 0 spiro atoms. The van der Waals surface area contributed by atoms with E-state index in [9.17, 15) is 13.2 Å². The molecule has 5 aromatic carbocycles. The first-order valence-electron chi connectivity index (χ1n) is 13.3. The van der Waals surface area contributed by atoms with Crippen molar-refractivity contribution in [3.8, 4) is 33.4 Å². The largest absolute Gasteiger partial charge is 0.417 e. The zero-order chi connectivity index (χ0) is 26.6. The average molecular weight is 515 g/mol. The topological polar surface area (TPSA) is 0 Å². The van der Waals surface area contributed by atoms with Crippen molar-refractivity contribution in [2.45, 2.75) is 25.4 Å². The first-order valence-corrected chi connectivity index (χ1v) is 13.3. The van der Waals surface area contributed by atoms with Gasteiger partial charge in [-0.05, 0) is 92.1 Å². The Labute approximate surface area is 226 Å². The molecule has 0 atom stereocenters. The number of rotatable bonds is 1. The average Bonchev–Trinajstić information content (AvgIpc) is 3.67. The van der Waals surface area contributed by atoms with Crippen LogP contribution in [-0.4, -0.2) is 0 Å². The van der Waals surface area contributed by atoms with E-state index in [1.807, 2.05) is 54.6 Å². The molecular weight excluding hydrogens is 489 g/mol. The fraction of sp³-hybridized carbons (Fsp3) is 0.111. The highest BCUT2D eigenvalue weighted by Crippen LogP contribution is 2.50. The summed E-state index contributed by atoms with van der Waals surface area (Å²) in [6, 6.07) is 33.2. The van der Waals surface area contributed by atoms with Gasteiger partial charge in [-0.2, -0.15) is 13.2 Å². The zero-order valence-electron chi connectivity index (χ0n) is 21.2. The second kappa shape index (κ2) is 9.13. The number of benzene rings is 5. The molecule has 3 heteroatoms. The summed E-state index contributed by atoms with van der Waals surface area (Å²) in [5.74, 6) is 0. The van der Waals surface area contributed by atoms with Crippen LogP contribution in [0.3, 0.4) is 0 Å². The molecule has 0 aromatic heterocycles. The van der Waals surface area contributed by atoms with Gasteiger partial charge in [-0.15, -0.1) is 0 Å². The van der Waals surface area contributed by atoms with Crippen LogP contribution in [0.25, 0.3) is 39.5 Å². The normalized spacial score (nSPS) is 13.6. The summed E-state index contributed by atoms with van der Waals surface area (Å²) in [6.07, 6.45) is 2.28. The number of hydrogen-bond donors (Lipinski definition) is 0. The summed E-state index contributed by atoms with van der Waals surface area (Å²) in [4.78, 5) is 0. The molecule has 0 heterocycles. The van der Waals surface area contributed by atoms with Crippen molar-refractivity contribution in [3.63, 3.8) is 0 Å². The summed E-state index contributed by atoms with van der Waals surface area (Å²) < 4.78 is 42.4. The predicted octanol–water partition coefficient (Wildman–Crippen LogP) is 9.77. The van der Waals surface area contributed by atoms with Crippen LogP contribution < -0.4 is 0 Å². The van der Waals surface area contributed by atoms with Gasteiger partial charge in [-0.1, -0.05) is 109 Å². The second-order valence-electron chi connectivity index (χ2n) is 10.3. The lowest BCUT2D eigenvalue weighted by molar-refractivity contribution is -0.137. The second-order valence-corrected chi connectivity index (χ2v) is 10.3. The first kappa shape index (κ1) is 23.7. The van der Waals surface area contributed by atoms with Gasteiger partial charge in [0, 0.05) is 0 Å². The Kier molecular flexibility index (Phi) is 5.55. The summed E-state index contributed by atoms with van der Waals surface area (Å²) in [5, 5.41) is 0. The van der Waals surface area contributed by atoms with E-state index in [0.717, 1.165) is 45.4 Å². The Bertz CT molecular complexity index is 1770. The molecule has 0 saturated carbocycles. The Balaban J connectivity index is 0.000000237. The number of allylic oxidation sites excluding steroid dienone is 1. The van der Waals surface area contributed by atoms with Crippen LogP contribution >= 0.6 is 0 Å². The SMILES string of the molecule is C1=Cc2ccccc2C1.FC(F)(F)c1ccc2c(c1-c1cccc3c1Cc1ccccc1-3)Cc1ccccc1-2. The third-order valence-corrected chi connectivity index (χ3v) is 8.10. The van der Waals surface area contributed by atoms with Gasteiger partial charge in [0.25, 0.3) is 0 Å². The minimum atomic E-state index is -4.41. The number of hydrogen-bond acceptors (Lipinski definition) is 0. The minimum Gasteiger partial charge on any atom is -0.166 e. The quantitative estimate of drug-likeness (QED) is 0.205. The van der Waals surface area contributed by atoms with E-state index in [-0.39, 0.29) is 0 Å². The summed E-state index contributed by atoms with van der Waals surface area (Å²) >= 11 is 0. The highest BCUT2D eigenvalue weighted by Gasteiger charge is 2.38. The molecular formula is C36H25F3. The number of alkyl halides is 3. The molecule has 0 unspecified atom stereocenters. The molecule has 3 aliphatic carbocycles. The van der Waals surface area contributed by atoms with Crippen molar-refractivity contribution in [1.82, 2.24) is 0 Å². The maximum atomic E-state index is 14.1. The minimum absolute atomic E-state index is 0.348.